The average molecular weight is 206 g/mol. The molecule has 0 aromatic heterocycles. The van der Waals surface area contributed by atoms with Crippen LogP contribution < -0.4 is 0 Å². The minimum Gasteiger partial charge on any atom is -0.356 e. The van der Waals surface area contributed by atoms with Gasteiger partial charge in [-0.3, -0.25) is 0 Å². The first-order valence-corrected chi connectivity index (χ1v) is 4.49. The Morgan fingerprint density at radius 2 is 2.38 bits per heavy atom. The summed E-state index contributed by atoms with van der Waals surface area (Å²) in [5.41, 5.74) is 8.29. The van der Waals surface area contributed by atoms with Crippen LogP contribution >= 0.6 is 11.6 Å². The van der Waals surface area contributed by atoms with Crippen LogP contribution in [0.1, 0.15) is 13.3 Å². The standard InChI is InChI=1S/C7H12ClN3O2/c1-4-7(10-11-9)5(8)3-6(12-2)13-4/h4-7H,3H2,1-2H3/t4-,5-,6+,7+/m0/s1. The molecule has 0 aromatic rings. The van der Waals surface area contributed by atoms with Crippen molar-refractivity contribution in [3.05, 3.63) is 10.4 Å². The molecule has 0 unspecified atom stereocenters. The maximum absolute atomic E-state index is 8.29. The zero-order chi connectivity index (χ0) is 9.84. The van der Waals surface area contributed by atoms with Gasteiger partial charge in [-0.15, -0.1) is 11.6 Å². The van der Waals surface area contributed by atoms with Crippen LogP contribution in [-0.4, -0.2) is 30.9 Å². The second-order valence-electron chi connectivity index (χ2n) is 2.95. The lowest BCUT2D eigenvalue weighted by atomic mass is 10.0. The molecule has 0 spiro atoms. The molecule has 0 bridgehead atoms. The molecule has 74 valence electrons. The van der Waals surface area contributed by atoms with E-state index in [2.05, 4.69) is 10.0 Å². The van der Waals surface area contributed by atoms with Gasteiger partial charge in [-0.2, -0.15) is 0 Å². The molecule has 4 atom stereocenters. The normalized spacial score (nSPS) is 39.6. The molecule has 1 fully saturated rings. The number of methoxy groups -OCH3 is 1. The third-order valence-electron chi connectivity index (χ3n) is 2.08. The maximum Gasteiger partial charge on any atom is 0.158 e. The monoisotopic (exact) mass is 205 g/mol. The third-order valence-corrected chi connectivity index (χ3v) is 2.52. The Morgan fingerprint density at radius 3 is 2.85 bits per heavy atom. The molecule has 1 rings (SSSR count). The van der Waals surface area contributed by atoms with E-state index in [9.17, 15) is 0 Å². The molecule has 1 heterocycles. The van der Waals surface area contributed by atoms with Crippen LogP contribution in [0.2, 0.25) is 0 Å². The van der Waals surface area contributed by atoms with Gasteiger partial charge in [0.2, 0.25) is 0 Å². The van der Waals surface area contributed by atoms with Crippen LogP contribution in [0, 0.1) is 0 Å². The van der Waals surface area contributed by atoms with E-state index in [4.69, 9.17) is 26.6 Å². The fourth-order valence-electron chi connectivity index (χ4n) is 1.37. The highest BCUT2D eigenvalue weighted by molar-refractivity contribution is 6.21. The number of nitrogens with zero attached hydrogens (tertiary/aromatic N) is 3. The van der Waals surface area contributed by atoms with E-state index in [1.54, 1.807) is 7.11 Å². The van der Waals surface area contributed by atoms with E-state index in [0.29, 0.717) is 6.42 Å². The van der Waals surface area contributed by atoms with Crippen molar-refractivity contribution in [1.82, 2.24) is 0 Å². The van der Waals surface area contributed by atoms with Crippen molar-refractivity contribution in [1.29, 1.82) is 0 Å². The number of rotatable bonds is 2. The first-order valence-electron chi connectivity index (χ1n) is 4.05. The Kier molecular flexibility index (Phi) is 3.81. The highest BCUT2D eigenvalue weighted by atomic mass is 35.5. The minimum absolute atomic E-state index is 0.197. The Balaban J connectivity index is 2.63. The lowest BCUT2D eigenvalue weighted by molar-refractivity contribution is -0.178. The molecular formula is C7H12ClN3O2. The Hall–Kier alpha value is -0.480. The van der Waals surface area contributed by atoms with E-state index in [-0.39, 0.29) is 23.8 Å². The summed E-state index contributed by atoms with van der Waals surface area (Å²) >= 11 is 6.00. The van der Waals surface area contributed by atoms with Crippen LogP contribution in [0.3, 0.4) is 0 Å². The molecule has 1 saturated heterocycles. The molecule has 5 nitrogen and oxygen atoms in total. The molecule has 0 aromatic carbocycles. The van der Waals surface area contributed by atoms with Crippen LogP contribution in [-0.2, 0) is 9.47 Å². The first-order chi connectivity index (χ1) is 6.19. The quantitative estimate of drug-likeness (QED) is 0.300. The predicted molar refractivity (Wildman–Crippen MR) is 48.5 cm³/mol. The second-order valence-corrected chi connectivity index (χ2v) is 3.51. The summed E-state index contributed by atoms with van der Waals surface area (Å²) < 4.78 is 10.4. The highest BCUT2D eigenvalue weighted by Crippen LogP contribution is 2.26. The number of halogens is 1. The molecule has 0 radical (unpaired) electrons. The number of hydrogen-bond acceptors (Lipinski definition) is 3. The topological polar surface area (TPSA) is 67.2 Å². The second kappa shape index (κ2) is 4.67. The smallest absolute Gasteiger partial charge is 0.158 e. The Labute approximate surface area is 81.6 Å². The van der Waals surface area contributed by atoms with E-state index >= 15 is 0 Å². The number of azide groups is 1. The SMILES string of the molecule is CO[C@H]1C[C@H](Cl)[C@H](N=[N+]=[N-])[C@H](C)O1. The van der Waals surface area contributed by atoms with Gasteiger partial charge in [-0.25, -0.2) is 0 Å². The molecule has 0 amide bonds. The van der Waals surface area contributed by atoms with Gasteiger partial charge in [0.25, 0.3) is 0 Å². The molecule has 1 aliphatic heterocycles. The molecule has 0 N–H and O–H groups in total. The van der Waals surface area contributed by atoms with Crippen LogP contribution in [0.25, 0.3) is 10.4 Å². The maximum atomic E-state index is 8.29. The number of hydrogen-bond donors (Lipinski definition) is 0. The van der Waals surface area contributed by atoms with E-state index in [1.165, 1.54) is 0 Å². The molecule has 0 saturated carbocycles. The summed E-state index contributed by atoms with van der Waals surface area (Å²) in [6.45, 7) is 1.82. The zero-order valence-corrected chi connectivity index (χ0v) is 8.31. The van der Waals surface area contributed by atoms with Gasteiger partial charge in [-0.05, 0) is 12.5 Å². The molecule has 13 heavy (non-hydrogen) atoms. The summed E-state index contributed by atoms with van der Waals surface area (Å²) in [5, 5.41) is 3.36. The van der Waals surface area contributed by atoms with Gasteiger partial charge in [-0.1, -0.05) is 5.11 Å². The zero-order valence-electron chi connectivity index (χ0n) is 7.55. The van der Waals surface area contributed by atoms with Crippen molar-refractivity contribution in [3.63, 3.8) is 0 Å². The van der Waals surface area contributed by atoms with Crippen LogP contribution in [0.4, 0.5) is 0 Å². The van der Waals surface area contributed by atoms with Crippen molar-refractivity contribution >= 4 is 11.6 Å². The van der Waals surface area contributed by atoms with Gasteiger partial charge in [0.1, 0.15) is 0 Å². The van der Waals surface area contributed by atoms with Crippen LogP contribution in [0.5, 0.6) is 0 Å². The van der Waals surface area contributed by atoms with Crippen LogP contribution in [0.15, 0.2) is 5.11 Å². The van der Waals surface area contributed by atoms with Crippen molar-refractivity contribution < 1.29 is 9.47 Å². The first kappa shape index (κ1) is 10.6. The van der Waals surface area contributed by atoms with Gasteiger partial charge in [0.15, 0.2) is 6.29 Å². The average Bonchev–Trinajstić information content (AvgIpc) is 2.11. The van der Waals surface area contributed by atoms with Crippen molar-refractivity contribution in [2.75, 3.05) is 7.11 Å². The lowest BCUT2D eigenvalue weighted by Crippen LogP contribution is -2.43. The van der Waals surface area contributed by atoms with E-state index < -0.39 is 0 Å². The Morgan fingerprint density at radius 1 is 1.69 bits per heavy atom. The summed E-state index contributed by atoms with van der Waals surface area (Å²) in [4.78, 5) is 2.73. The molecule has 1 aliphatic rings. The summed E-state index contributed by atoms with van der Waals surface area (Å²) in [5.74, 6) is 0. The molecule has 6 heteroatoms. The number of alkyl halides is 1. The largest absolute Gasteiger partial charge is 0.356 e. The molecular weight excluding hydrogens is 194 g/mol. The van der Waals surface area contributed by atoms with E-state index in [0.717, 1.165) is 0 Å². The van der Waals surface area contributed by atoms with Gasteiger partial charge < -0.3 is 9.47 Å². The van der Waals surface area contributed by atoms with Crippen molar-refractivity contribution in [2.45, 2.75) is 37.2 Å². The highest BCUT2D eigenvalue weighted by Gasteiger charge is 2.34. The van der Waals surface area contributed by atoms with Crippen molar-refractivity contribution in [2.24, 2.45) is 5.11 Å². The fourth-order valence-corrected chi connectivity index (χ4v) is 1.77. The summed E-state index contributed by atoms with van der Waals surface area (Å²) in [6.07, 6.45) is 0.0614. The summed E-state index contributed by atoms with van der Waals surface area (Å²) in [6, 6.07) is -0.307. The van der Waals surface area contributed by atoms with Crippen molar-refractivity contribution in [3.8, 4) is 0 Å². The fraction of sp³-hybridized carbons (Fsp3) is 1.00. The van der Waals surface area contributed by atoms with Gasteiger partial charge in [0.05, 0.1) is 12.1 Å². The lowest BCUT2D eigenvalue weighted by Gasteiger charge is -2.34. The number of ether oxygens (including phenoxy) is 2. The van der Waals surface area contributed by atoms with Gasteiger partial charge >= 0.3 is 0 Å². The third kappa shape index (κ3) is 2.48. The molecule has 0 aliphatic carbocycles. The summed E-state index contributed by atoms with van der Waals surface area (Å²) in [7, 11) is 1.56. The Bertz CT molecular complexity index is 208. The van der Waals surface area contributed by atoms with E-state index in [1.807, 2.05) is 6.92 Å². The van der Waals surface area contributed by atoms with Gasteiger partial charge in [0, 0.05) is 23.8 Å². The predicted octanol–water partition coefficient (Wildman–Crippen LogP) is 2.05. The minimum atomic E-state index is -0.307.